The van der Waals surface area contributed by atoms with E-state index in [1.807, 2.05) is 19.9 Å². The second kappa shape index (κ2) is 8.30. The highest BCUT2D eigenvalue weighted by atomic mass is 32.2. The Morgan fingerprint density at radius 1 is 1.24 bits per heavy atom. The molecule has 1 atom stereocenters. The van der Waals surface area contributed by atoms with E-state index in [1.54, 1.807) is 6.07 Å². The van der Waals surface area contributed by atoms with Crippen LogP contribution in [0, 0.1) is 0 Å². The fraction of sp³-hybridized carbons (Fsp3) is 0.350. The number of hydrogen-bond donors (Lipinski definition) is 2. The predicted octanol–water partition coefficient (Wildman–Crippen LogP) is 2.58. The molecule has 0 aliphatic carbocycles. The quantitative estimate of drug-likeness (QED) is 0.714. The Morgan fingerprint density at radius 3 is 2.66 bits per heavy atom. The molecule has 0 bridgehead atoms. The maximum atomic E-state index is 12.8. The first-order chi connectivity index (χ1) is 13.8. The normalized spacial score (nSPS) is 15.4. The molecule has 0 saturated carbocycles. The van der Waals surface area contributed by atoms with Crippen LogP contribution in [0.4, 0.5) is 5.69 Å². The maximum absolute atomic E-state index is 12.8. The van der Waals surface area contributed by atoms with Crippen molar-refractivity contribution < 1.29 is 27.4 Å². The van der Waals surface area contributed by atoms with Crippen LogP contribution in [-0.2, 0) is 16.4 Å². The minimum atomic E-state index is -3.80. The highest BCUT2D eigenvalue weighted by Crippen LogP contribution is 2.38. The third-order valence-corrected chi connectivity index (χ3v) is 5.97. The summed E-state index contributed by atoms with van der Waals surface area (Å²) in [7, 11) is -1.14. The van der Waals surface area contributed by atoms with Crippen LogP contribution >= 0.6 is 0 Å². The first-order valence-electron chi connectivity index (χ1n) is 9.18. The second-order valence-electron chi connectivity index (χ2n) is 6.55. The lowest BCUT2D eigenvalue weighted by atomic mass is 10.1. The Labute approximate surface area is 170 Å². The Kier molecular flexibility index (Phi) is 5.99. The van der Waals surface area contributed by atoms with Gasteiger partial charge in [0.25, 0.3) is 5.91 Å². The molecular formula is C20H24N2O6S. The summed E-state index contributed by atoms with van der Waals surface area (Å²) in [6.45, 7) is 4.27. The topological polar surface area (TPSA) is 103 Å². The van der Waals surface area contributed by atoms with Crippen molar-refractivity contribution in [3.05, 3.63) is 41.5 Å². The fourth-order valence-electron chi connectivity index (χ4n) is 3.14. The largest absolute Gasteiger partial charge is 0.495 e. The van der Waals surface area contributed by atoms with Crippen molar-refractivity contribution in [3.63, 3.8) is 0 Å². The number of benzene rings is 2. The number of hydrogen-bond acceptors (Lipinski definition) is 6. The van der Waals surface area contributed by atoms with Gasteiger partial charge in [0, 0.05) is 23.6 Å². The predicted molar refractivity (Wildman–Crippen MR) is 109 cm³/mol. The molecule has 2 aromatic carbocycles. The molecule has 0 radical (unpaired) electrons. The van der Waals surface area contributed by atoms with E-state index >= 15 is 0 Å². The monoisotopic (exact) mass is 420 g/mol. The first-order valence-corrected chi connectivity index (χ1v) is 10.7. The van der Waals surface area contributed by atoms with Crippen LogP contribution in [0.2, 0.25) is 0 Å². The summed E-state index contributed by atoms with van der Waals surface area (Å²) in [5, 5.41) is 2.79. The van der Waals surface area contributed by atoms with Crippen LogP contribution in [0.15, 0.2) is 35.2 Å². The summed E-state index contributed by atoms with van der Waals surface area (Å²) < 4.78 is 43.3. The summed E-state index contributed by atoms with van der Waals surface area (Å²) >= 11 is 0. The minimum absolute atomic E-state index is 0.0568. The minimum Gasteiger partial charge on any atom is -0.495 e. The summed E-state index contributed by atoms with van der Waals surface area (Å²) in [6, 6.07) is 7.80. The van der Waals surface area contributed by atoms with Gasteiger partial charge in [-0.3, -0.25) is 4.79 Å². The van der Waals surface area contributed by atoms with Gasteiger partial charge in [0.1, 0.15) is 28.2 Å². The number of sulfonamides is 1. The van der Waals surface area contributed by atoms with Crippen LogP contribution in [0.5, 0.6) is 17.2 Å². The molecule has 0 spiro atoms. The number of carbonyl (C=O) groups excluding carboxylic acids is 1. The SMILES string of the molecule is CCOc1cc2c(cc1NC(=O)c1ccc(OC)c(S(=O)(=O)NC)c1)O[C@@H](C)C2. The number of ether oxygens (including phenoxy) is 3. The molecule has 8 nitrogen and oxygen atoms in total. The lowest BCUT2D eigenvalue weighted by Gasteiger charge is -2.14. The number of nitrogens with one attached hydrogen (secondary N) is 2. The molecular weight excluding hydrogens is 396 g/mol. The van der Waals surface area contributed by atoms with Gasteiger partial charge in [-0.1, -0.05) is 0 Å². The van der Waals surface area contributed by atoms with Crippen LogP contribution in [0.1, 0.15) is 29.8 Å². The van der Waals surface area contributed by atoms with Crippen molar-refractivity contribution >= 4 is 21.6 Å². The lowest BCUT2D eigenvalue weighted by Crippen LogP contribution is -2.20. The highest BCUT2D eigenvalue weighted by molar-refractivity contribution is 7.89. The van der Waals surface area contributed by atoms with Crippen molar-refractivity contribution in [1.29, 1.82) is 0 Å². The molecule has 29 heavy (non-hydrogen) atoms. The molecule has 2 aromatic rings. The highest BCUT2D eigenvalue weighted by Gasteiger charge is 2.24. The molecule has 1 amide bonds. The Morgan fingerprint density at radius 2 is 2.00 bits per heavy atom. The zero-order valence-electron chi connectivity index (χ0n) is 16.7. The summed E-state index contributed by atoms with van der Waals surface area (Å²) in [6.07, 6.45) is 0.828. The summed E-state index contributed by atoms with van der Waals surface area (Å²) in [5.74, 6) is 0.899. The third kappa shape index (κ3) is 4.30. The molecule has 1 heterocycles. The zero-order chi connectivity index (χ0) is 21.2. The van der Waals surface area contributed by atoms with Crippen LogP contribution in [0.25, 0.3) is 0 Å². The molecule has 9 heteroatoms. The van der Waals surface area contributed by atoms with Crippen LogP contribution in [0.3, 0.4) is 0 Å². The average molecular weight is 420 g/mol. The number of carbonyl (C=O) groups is 1. The standard InChI is InChI=1S/C20H24N2O6S/c1-5-27-18-9-14-8-12(2)28-17(14)11-15(18)22-20(23)13-6-7-16(26-4)19(10-13)29(24,25)21-3/h6-7,9-12,21H,5,8H2,1-4H3,(H,22,23)/t12-/m0/s1. The lowest BCUT2D eigenvalue weighted by molar-refractivity contribution is 0.102. The van der Waals surface area contributed by atoms with Crippen molar-refractivity contribution in [1.82, 2.24) is 4.72 Å². The van der Waals surface area contributed by atoms with Gasteiger partial charge in [0.05, 0.1) is 19.4 Å². The van der Waals surface area contributed by atoms with Crippen molar-refractivity contribution in [2.24, 2.45) is 0 Å². The van der Waals surface area contributed by atoms with E-state index in [-0.39, 0.29) is 22.3 Å². The molecule has 0 unspecified atom stereocenters. The van der Waals surface area contributed by atoms with E-state index in [0.717, 1.165) is 12.0 Å². The first kappa shape index (κ1) is 20.9. The van der Waals surface area contributed by atoms with Gasteiger partial charge in [-0.15, -0.1) is 0 Å². The molecule has 0 fully saturated rings. The Bertz CT molecular complexity index is 1040. The van der Waals surface area contributed by atoms with Gasteiger partial charge < -0.3 is 19.5 Å². The zero-order valence-corrected chi connectivity index (χ0v) is 17.6. The molecule has 0 saturated heterocycles. The summed E-state index contributed by atoms with van der Waals surface area (Å²) in [5.41, 5.74) is 1.64. The number of rotatable bonds is 7. The number of amides is 1. The Balaban J connectivity index is 1.95. The second-order valence-corrected chi connectivity index (χ2v) is 8.40. The van der Waals surface area contributed by atoms with Gasteiger partial charge in [-0.05, 0) is 45.2 Å². The van der Waals surface area contributed by atoms with Gasteiger partial charge in [0.2, 0.25) is 10.0 Å². The van der Waals surface area contributed by atoms with E-state index < -0.39 is 15.9 Å². The van der Waals surface area contributed by atoms with Crippen LogP contribution < -0.4 is 24.2 Å². The molecule has 3 rings (SSSR count). The molecule has 0 aromatic heterocycles. The fourth-order valence-corrected chi connectivity index (χ4v) is 4.06. The van der Waals surface area contributed by atoms with Crippen LogP contribution in [-0.4, -0.2) is 41.2 Å². The van der Waals surface area contributed by atoms with E-state index in [2.05, 4.69) is 10.0 Å². The van der Waals surface area contributed by atoms with Crippen molar-refractivity contribution in [2.75, 3.05) is 26.1 Å². The average Bonchev–Trinajstić information content (AvgIpc) is 3.06. The number of fused-ring (bicyclic) bond motifs is 1. The van der Waals surface area contributed by atoms with Crippen molar-refractivity contribution in [3.8, 4) is 17.2 Å². The maximum Gasteiger partial charge on any atom is 0.255 e. The smallest absolute Gasteiger partial charge is 0.255 e. The molecule has 1 aliphatic rings. The molecule has 2 N–H and O–H groups in total. The molecule has 156 valence electrons. The number of anilines is 1. The summed E-state index contributed by atoms with van der Waals surface area (Å²) in [4.78, 5) is 12.7. The van der Waals surface area contributed by atoms with E-state index in [4.69, 9.17) is 14.2 Å². The van der Waals surface area contributed by atoms with Gasteiger partial charge in [-0.2, -0.15) is 0 Å². The van der Waals surface area contributed by atoms with Crippen molar-refractivity contribution in [2.45, 2.75) is 31.3 Å². The van der Waals surface area contributed by atoms with Gasteiger partial charge in [-0.25, -0.2) is 13.1 Å². The third-order valence-electron chi connectivity index (χ3n) is 4.53. The van der Waals surface area contributed by atoms with E-state index in [1.165, 1.54) is 32.4 Å². The van der Waals surface area contributed by atoms with Gasteiger partial charge >= 0.3 is 0 Å². The van der Waals surface area contributed by atoms with E-state index in [9.17, 15) is 13.2 Å². The Hall–Kier alpha value is -2.78. The van der Waals surface area contributed by atoms with Gasteiger partial charge in [0.15, 0.2) is 0 Å². The number of methoxy groups -OCH3 is 1. The molecule has 1 aliphatic heterocycles. The van der Waals surface area contributed by atoms with E-state index in [0.29, 0.717) is 23.8 Å².